The van der Waals surface area contributed by atoms with Crippen molar-refractivity contribution in [1.82, 2.24) is 0 Å². The van der Waals surface area contributed by atoms with Gasteiger partial charge in [0.15, 0.2) is 0 Å². The van der Waals surface area contributed by atoms with Crippen LogP contribution in [0.1, 0.15) is 18.1 Å². The zero-order valence-corrected chi connectivity index (χ0v) is 10.3. The van der Waals surface area contributed by atoms with Gasteiger partial charge in [-0.2, -0.15) is 0 Å². The van der Waals surface area contributed by atoms with Gasteiger partial charge in [-0.25, -0.2) is 0 Å². The van der Waals surface area contributed by atoms with Gasteiger partial charge in [0.25, 0.3) is 0 Å². The fraction of sp³-hybridized carbons (Fsp3) is 0.125. The second kappa shape index (κ2) is 5.35. The van der Waals surface area contributed by atoms with Crippen LogP contribution >= 0.6 is 0 Å². The van der Waals surface area contributed by atoms with Gasteiger partial charge >= 0.3 is 0 Å². The molecule has 1 N–H and O–H groups in total. The number of hydrogen-bond donors (Lipinski definition) is 1. The molecule has 0 aliphatic rings. The van der Waals surface area contributed by atoms with Crippen LogP contribution in [0.4, 0.5) is 5.69 Å². The molecule has 2 rings (SSSR count). The fourth-order valence-corrected chi connectivity index (χ4v) is 1.72. The molecule has 1 heteroatoms. The van der Waals surface area contributed by atoms with Crippen molar-refractivity contribution in [2.75, 3.05) is 5.32 Å². The fourth-order valence-electron chi connectivity index (χ4n) is 1.72. The third-order valence-electron chi connectivity index (χ3n) is 2.70. The van der Waals surface area contributed by atoms with E-state index >= 15 is 0 Å². The molecule has 0 bridgehead atoms. The molecule has 0 saturated heterocycles. The SMILES string of the molecule is C/C=C(/Nc1ccc(C)cc1)c1ccccc1. The van der Waals surface area contributed by atoms with Gasteiger partial charge in [0.05, 0.1) is 0 Å². The van der Waals surface area contributed by atoms with Crippen LogP contribution in [0.25, 0.3) is 5.70 Å². The van der Waals surface area contributed by atoms with Crippen molar-refractivity contribution in [3.8, 4) is 0 Å². The molecule has 0 fully saturated rings. The lowest BCUT2D eigenvalue weighted by atomic mass is 10.1. The lowest BCUT2D eigenvalue weighted by Crippen LogP contribution is -1.98. The van der Waals surface area contributed by atoms with Crippen LogP contribution in [0.5, 0.6) is 0 Å². The third-order valence-corrected chi connectivity index (χ3v) is 2.70. The molecule has 2 aromatic rings. The lowest BCUT2D eigenvalue weighted by Gasteiger charge is -2.11. The Hall–Kier alpha value is -2.02. The number of allylic oxidation sites excluding steroid dienone is 1. The van der Waals surface area contributed by atoms with Crippen LogP contribution in [0.3, 0.4) is 0 Å². The average Bonchev–Trinajstić information content (AvgIpc) is 2.39. The van der Waals surface area contributed by atoms with Gasteiger partial charge in [0, 0.05) is 11.4 Å². The highest BCUT2D eigenvalue weighted by molar-refractivity contribution is 5.76. The Morgan fingerprint density at radius 3 is 2.18 bits per heavy atom. The van der Waals surface area contributed by atoms with Crippen molar-refractivity contribution in [2.45, 2.75) is 13.8 Å². The molecule has 0 spiro atoms. The van der Waals surface area contributed by atoms with Gasteiger partial charge in [-0.05, 0) is 31.5 Å². The monoisotopic (exact) mass is 223 g/mol. The molecule has 17 heavy (non-hydrogen) atoms. The van der Waals surface area contributed by atoms with Gasteiger partial charge in [0.2, 0.25) is 0 Å². The highest BCUT2D eigenvalue weighted by Crippen LogP contribution is 2.18. The van der Waals surface area contributed by atoms with Crippen molar-refractivity contribution >= 4 is 11.4 Å². The second-order valence-corrected chi connectivity index (χ2v) is 4.06. The molecule has 0 atom stereocenters. The number of hydrogen-bond acceptors (Lipinski definition) is 1. The molecule has 0 unspecified atom stereocenters. The number of anilines is 1. The van der Waals surface area contributed by atoms with Gasteiger partial charge in [-0.3, -0.25) is 0 Å². The summed E-state index contributed by atoms with van der Waals surface area (Å²) in [7, 11) is 0. The number of nitrogens with one attached hydrogen (secondary N) is 1. The van der Waals surface area contributed by atoms with E-state index < -0.39 is 0 Å². The Morgan fingerprint density at radius 2 is 1.59 bits per heavy atom. The highest BCUT2D eigenvalue weighted by Gasteiger charge is 1.99. The first-order valence-corrected chi connectivity index (χ1v) is 5.85. The molecule has 2 aromatic carbocycles. The zero-order chi connectivity index (χ0) is 12.1. The van der Waals surface area contributed by atoms with E-state index in [1.807, 2.05) is 13.0 Å². The predicted octanol–water partition coefficient (Wildman–Crippen LogP) is 4.47. The summed E-state index contributed by atoms with van der Waals surface area (Å²) < 4.78 is 0. The van der Waals surface area contributed by atoms with Crippen molar-refractivity contribution in [2.24, 2.45) is 0 Å². The van der Waals surface area contributed by atoms with E-state index in [-0.39, 0.29) is 0 Å². The van der Waals surface area contributed by atoms with Crippen LogP contribution in [0.2, 0.25) is 0 Å². The van der Waals surface area contributed by atoms with Gasteiger partial charge in [-0.1, -0.05) is 54.1 Å². The minimum atomic E-state index is 1.12. The largest absolute Gasteiger partial charge is 0.355 e. The molecular formula is C16H17N. The van der Waals surface area contributed by atoms with Crippen molar-refractivity contribution in [3.05, 3.63) is 71.8 Å². The Labute approximate surface area is 103 Å². The summed E-state index contributed by atoms with van der Waals surface area (Å²) in [5.74, 6) is 0. The molecule has 0 aliphatic carbocycles. The van der Waals surface area contributed by atoms with E-state index in [4.69, 9.17) is 0 Å². The number of benzene rings is 2. The van der Waals surface area contributed by atoms with Gasteiger partial charge in [-0.15, -0.1) is 0 Å². The Morgan fingerprint density at radius 1 is 0.941 bits per heavy atom. The standard InChI is InChI=1S/C16H17N/c1-3-16(14-7-5-4-6-8-14)17-15-11-9-13(2)10-12-15/h3-12,17H,1-2H3/b16-3+. The van der Waals surface area contributed by atoms with Crippen molar-refractivity contribution in [3.63, 3.8) is 0 Å². The van der Waals surface area contributed by atoms with Crippen LogP contribution in [0, 0.1) is 6.92 Å². The summed E-state index contributed by atoms with van der Waals surface area (Å²) in [6, 6.07) is 18.8. The van der Waals surface area contributed by atoms with Gasteiger partial charge in [0.1, 0.15) is 0 Å². The minimum absolute atomic E-state index is 1.12. The average molecular weight is 223 g/mol. The van der Waals surface area contributed by atoms with Crippen molar-refractivity contribution < 1.29 is 0 Å². The van der Waals surface area contributed by atoms with Crippen molar-refractivity contribution in [1.29, 1.82) is 0 Å². The summed E-state index contributed by atoms with van der Waals surface area (Å²) in [6.45, 7) is 4.14. The summed E-state index contributed by atoms with van der Waals surface area (Å²) in [6.07, 6.45) is 2.09. The van der Waals surface area contributed by atoms with Crippen LogP contribution in [-0.4, -0.2) is 0 Å². The van der Waals surface area contributed by atoms with Crippen LogP contribution in [-0.2, 0) is 0 Å². The maximum atomic E-state index is 3.43. The summed E-state index contributed by atoms with van der Waals surface area (Å²) in [5, 5.41) is 3.43. The summed E-state index contributed by atoms with van der Waals surface area (Å²) in [4.78, 5) is 0. The van der Waals surface area contributed by atoms with E-state index in [0.29, 0.717) is 0 Å². The van der Waals surface area contributed by atoms with E-state index in [2.05, 4.69) is 66.8 Å². The lowest BCUT2D eigenvalue weighted by molar-refractivity contribution is 1.45. The number of aryl methyl sites for hydroxylation is 1. The molecular weight excluding hydrogens is 206 g/mol. The zero-order valence-electron chi connectivity index (χ0n) is 10.3. The molecule has 0 aliphatic heterocycles. The van der Waals surface area contributed by atoms with Crippen LogP contribution in [0.15, 0.2) is 60.7 Å². The van der Waals surface area contributed by atoms with E-state index in [1.54, 1.807) is 0 Å². The number of rotatable bonds is 3. The molecule has 0 amide bonds. The highest BCUT2D eigenvalue weighted by atomic mass is 14.9. The first-order chi connectivity index (χ1) is 8.29. The Kier molecular flexibility index (Phi) is 3.61. The van der Waals surface area contributed by atoms with E-state index in [0.717, 1.165) is 11.4 Å². The normalized spacial score (nSPS) is 11.3. The molecule has 1 nitrogen and oxygen atoms in total. The molecule has 86 valence electrons. The minimum Gasteiger partial charge on any atom is -0.355 e. The van der Waals surface area contributed by atoms with Gasteiger partial charge < -0.3 is 5.32 Å². The molecule has 0 saturated carbocycles. The smallest absolute Gasteiger partial charge is 0.0414 e. The molecule has 0 radical (unpaired) electrons. The van der Waals surface area contributed by atoms with Crippen LogP contribution < -0.4 is 5.32 Å². The topological polar surface area (TPSA) is 12.0 Å². The second-order valence-electron chi connectivity index (χ2n) is 4.06. The predicted molar refractivity (Wildman–Crippen MR) is 74.9 cm³/mol. The molecule has 0 aromatic heterocycles. The Bertz CT molecular complexity index is 495. The first-order valence-electron chi connectivity index (χ1n) is 5.85. The summed E-state index contributed by atoms with van der Waals surface area (Å²) >= 11 is 0. The Balaban J connectivity index is 2.19. The first kappa shape index (κ1) is 11.5. The third kappa shape index (κ3) is 2.97. The summed E-state index contributed by atoms with van der Waals surface area (Å²) in [5.41, 5.74) is 4.73. The van der Waals surface area contributed by atoms with E-state index in [1.165, 1.54) is 11.1 Å². The quantitative estimate of drug-likeness (QED) is 0.809. The maximum Gasteiger partial charge on any atom is 0.0414 e. The maximum absolute atomic E-state index is 3.43. The molecule has 0 heterocycles. The van der Waals surface area contributed by atoms with E-state index in [9.17, 15) is 0 Å².